The summed E-state index contributed by atoms with van der Waals surface area (Å²) in [5.41, 5.74) is 3.55. The van der Waals surface area contributed by atoms with Crippen LogP contribution in [0, 0.1) is 10.8 Å². The highest BCUT2D eigenvalue weighted by Gasteiger charge is 2.37. The summed E-state index contributed by atoms with van der Waals surface area (Å²) in [4.78, 5) is 37.6. The number of rotatable bonds is 5. The fourth-order valence-electron chi connectivity index (χ4n) is 2.84. The number of nitrogens with one attached hydrogen (secondary N) is 2. The molecule has 0 unspecified atom stereocenters. The Morgan fingerprint density at radius 3 is 1.84 bits per heavy atom. The summed E-state index contributed by atoms with van der Waals surface area (Å²) in [5, 5.41) is 5.22. The number of nitrogens with two attached hydrogens (primary N) is 1. The van der Waals surface area contributed by atoms with Crippen LogP contribution in [-0.4, -0.2) is 43.5 Å². The second kappa shape index (κ2) is 8.87. The Hall–Kier alpha value is -1.98. The Morgan fingerprint density at radius 2 is 1.39 bits per heavy atom. The zero-order valence-electron chi connectivity index (χ0n) is 18.9. The largest absolute Gasteiger partial charge is 0.365 e. The summed E-state index contributed by atoms with van der Waals surface area (Å²) in [6, 6.07) is 0. The number of primary amides is 1. The standard InChI is InChI=1S/C20H32N4O5S2/c1-19(2,3)17(26)22-13-12(14(21)25)15(23-18(27)20(4,5)6)30-16(13)31(28,29)24-10-8-7-9-11-24/h7-11H2,1-6H3,(H2,21,25)(H,22,26)(H,23,27). The zero-order valence-corrected chi connectivity index (χ0v) is 20.6. The van der Waals surface area contributed by atoms with Crippen LogP contribution in [0.1, 0.15) is 71.2 Å². The summed E-state index contributed by atoms with van der Waals surface area (Å²) in [5.74, 6) is -1.83. The zero-order chi connectivity index (χ0) is 23.8. The van der Waals surface area contributed by atoms with Crippen LogP contribution in [0.2, 0.25) is 0 Å². The average molecular weight is 473 g/mol. The number of sulfonamides is 1. The van der Waals surface area contributed by atoms with Gasteiger partial charge in [0.25, 0.3) is 15.9 Å². The molecule has 4 N–H and O–H groups in total. The minimum Gasteiger partial charge on any atom is -0.365 e. The third-order valence-corrected chi connectivity index (χ3v) is 8.34. The highest BCUT2D eigenvalue weighted by Crippen LogP contribution is 2.43. The second-order valence-electron chi connectivity index (χ2n) is 9.71. The van der Waals surface area contributed by atoms with Crippen molar-refractivity contribution >= 4 is 49.8 Å². The van der Waals surface area contributed by atoms with Gasteiger partial charge in [0.05, 0.1) is 11.3 Å². The topological polar surface area (TPSA) is 139 Å². The minimum atomic E-state index is -4.01. The highest BCUT2D eigenvalue weighted by atomic mass is 32.2. The Labute approximate surface area is 187 Å². The van der Waals surface area contributed by atoms with Crippen molar-refractivity contribution in [2.45, 2.75) is 65.0 Å². The monoisotopic (exact) mass is 472 g/mol. The Balaban J connectivity index is 2.69. The number of carbonyl (C=O) groups excluding carboxylic acids is 3. The van der Waals surface area contributed by atoms with E-state index in [0.29, 0.717) is 13.1 Å². The number of carbonyl (C=O) groups is 3. The van der Waals surface area contributed by atoms with E-state index in [1.165, 1.54) is 4.31 Å². The third kappa shape index (κ3) is 5.64. The number of nitrogens with zero attached hydrogens (tertiary/aromatic N) is 1. The molecule has 1 aromatic rings. The Kier molecular flexibility index (Phi) is 7.24. The molecule has 2 rings (SSSR count). The molecule has 31 heavy (non-hydrogen) atoms. The molecule has 0 spiro atoms. The molecule has 1 fully saturated rings. The van der Waals surface area contributed by atoms with Crippen molar-refractivity contribution in [2.75, 3.05) is 23.7 Å². The van der Waals surface area contributed by atoms with E-state index in [1.807, 2.05) is 0 Å². The molecule has 174 valence electrons. The van der Waals surface area contributed by atoms with Gasteiger partial charge in [-0.05, 0) is 12.8 Å². The molecule has 1 aliphatic heterocycles. The maximum atomic E-state index is 13.4. The fourth-order valence-corrected chi connectivity index (χ4v) is 6.10. The number of piperidine rings is 1. The second-order valence-corrected chi connectivity index (χ2v) is 12.9. The van der Waals surface area contributed by atoms with Crippen molar-refractivity contribution in [3.8, 4) is 0 Å². The maximum absolute atomic E-state index is 13.4. The lowest BCUT2D eigenvalue weighted by atomic mass is 9.95. The van der Waals surface area contributed by atoms with E-state index in [-0.39, 0.29) is 20.5 Å². The Bertz CT molecular complexity index is 978. The van der Waals surface area contributed by atoms with Gasteiger partial charge >= 0.3 is 0 Å². The molecule has 0 aliphatic carbocycles. The first-order valence-corrected chi connectivity index (χ1v) is 12.4. The van der Waals surface area contributed by atoms with Gasteiger partial charge < -0.3 is 16.4 Å². The van der Waals surface area contributed by atoms with Crippen LogP contribution in [0.4, 0.5) is 10.7 Å². The highest BCUT2D eigenvalue weighted by molar-refractivity contribution is 7.91. The molecular weight excluding hydrogens is 440 g/mol. The molecule has 0 saturated carbocycles. The number of anilines is 2. The number of thiophene rings is 1. The smallest absolute Gasteiger partial charge is 0.254 e. The first-order valence-electron chi connectivity index (χ1n) is 10.2. The van der Waals surface area contributed by atoms with E-state index in [9.17, 15) is 22.8 Å². The van der Waals surface area contributed by atoms with Gasteiger partial charge in [0.15, 0.2) is 4.21 Å². The normalized spacial score (nSPS) is 16.1. The van der Waals surface area contributed by atoms with E-state index < -0.39 is 38.6 Å². The first kappa shape index (κ1) is 25.3. The first-order chi connectivity index (χ1) is 14.1. The van der Waals surface area contributed by atoms with Crippen molar-refractivity contribution in [2.24, 2.45) is 16.6 Å². The molecular formula is C20H32N4O5S2. The quantitative estimate of drug-likeness (QED) is 0.605. The SMILES string of the molecule is CC(C)(C)C(=O)Nc1sc(S(=O)(=O)N2CCCCC2)c(NC(=O)C(C)(C)C)c1C(N)=O. The molecule has 9 nitrogen and oxygen atoms in total. The molecule has 11 heteroatoms. The van der Waals surface area contributed by atoms with Gasteiger partial charge in [0.1, 0.15) is 5.00 Å². The minimum absolute atomic E-state index is 0.00668. The van der Waals surface area contributed by atoms with E-state index in [4.69, 9.17) is 5.73 Å². The van der Waals surface area contributed by atoms with Crippen molar-refractivity contribution < 1.29 is 22.8 Å². The summed E-state index contributed by atoms with van der Waals surface area (Å²) < 4.78 is 28.0. The van der Waals surface area contributed by atoms with Crippen LogP contribution >= 0.6 is 11.3 Å². The van der Waals surface area contributed by atoms with Gasteiger partial charge in [-0.25, -0.2) is 8.42 Å². The lowest BCUT2D eigenvalue weighted by Gasteiger charge is -2.26. The van der Waals surface area contributed by atoms with Crippen LogP contribution in [0.15, 0.2) is 4.21 Å². The molecule has 3 amide bonds. The van der Waals surface area contributed by atoms with Crippen molar-refractivity contribution in [3.05, 3.63) is 5.56 Å². The van der Waals surface area contributed by atoms with Crippen LogP contribution in [0.25, 0.3) is 0 Å². The van der Waals surface area contributed by atoms with Crippen LogP contribution in [0.5, 0.6) is 0 Å². The Morgan fingerprint density at radius 1 is 0.903 bits per heavy atom. The summed E-state index contributed by atoms with van der Waals surface area (Å²) >= 11 is 0.735. The third-order valence-electron chi connectivity index (χ3n) is 4.84. The lowest BCUT2D eigenvalue weighted by Crippen LogP contribution is -2.36. The number of hydrogen-bond donors (Lipinski definition) is 3. The van der Waals surface area contributed by atoms with Crippen LogP contribution in [-0.2, 0) is 19.6 Å². The van der Waals surface area contributed by atoms with Crippen molar-refractivity contribution in [1.29, 1.82) is 0 Å². The van der Waals surface area contributed by atoms with Gasteiger partial charge in [-0.2, -0.15) is 4.31 Å². The molecule has 0 radical (unpaired) electrons. The predicted octanol–water partition coefficient (Wildman–Crippen LogP) is 2.99. The molecule has 2 heterocycles. The van der Waals surface area contributed by atoms with Crippen LogP contribution < -0.4 is 16.4 Å². The van der Waals surface area contributed by atoms with Gasteiger partial charge in [-0.1, -0.05) is 48.0 Å². The summed E-state index contributed by atoms with van der Waals surface area (Å²) in [6.07, 6.45) is 2.39. The van der Waals surface area contributed by atoms with Gasteiger partial charge in [0, 0.05) is 23.9 Å². The molecule has 0 atom stereocenters. The molecule has 0 aromatic carbocycles. The molecule has 1 saturated heterocycles. The number of hydrogen-bond acceptors (Lipinski definition) is 6. The predicted molar refractivity (Wildman–Crippen MR) is 122 cm³/mol. The fraction of sp³-hybridized carbons (Fsp3) is 0.650. The van der Waals surface area contributed by atoms with Gasteiger partial charge in [0.2, 0.25) is 11.8 Å². The van der Waals surface area contributed by atoms with Crippen LogP contribution in [0.3, 0.4) is 0 Å². The molecule has 1 aliphatic rings. The summed E-state index contributed by atoms with van der Waals surface area (Å²) in [6.45, 7) is 10.8. The average Bonchev–Trinajstić information content (AvgIpc) is 2.99. The maximum Gasteiger partial charge on any atom is 0.254 e. The lowest BCUT2D eigenvalue weighted by molar-refractivity contribution is -0.123. The van der Waals surface area contributed by atoms with Gasteiger partial charge in [-0.15, -0.1) is 11.3 Å². The molecule has 0 bridgehead atoms. The number of amides is 3. The van der Waals surface area contributed by atoms with Gasteiger partial charge in [-0.3, -0.25) is 14.4 Å². The van der Waals surface area contributed by atoms with Crippen molar-refractivity contribution in [1.82, 2.24) is 4.31 Å². The van der Waals surface area contributed by atoms with E-state index >= 15 is 0 Å². The van der Waals surface area contributed by atoms with Crippen molar-refractivity contribution in [3.63, 3.8) is 0 Å². The van der Waals surface area contributed by atoms with E-state index in [0.717, 1.165) is 30.6 Å². The van der Waals surface area contributed by atoms with E-state index in [1.54, 1.807) is 41.5 Å². The molecule has 1 aromatic heterocycles. The van der Waals surface area contributed by atoms with E-state index in [2.05, 4.69) is 10.6 Å². The summed E-state index contributed by atoms with van der Waals surface area (Å²) in [7, 11) is -4.01.